The minimum Gasteiger partial charge on any atom is -0.444 e. The van der Waals surface area contributed by atoms with E-state index in [1.54, 1.807) is 23.2 Å². The third kappa shape index (κ3) is 2.06. The van der Waals surface area contributed by atoms with Gasteiger partial charge in [0.15, 0.2) is 10.4 Å². The molecule has 0 spiro atoms. The first-order chi connectivity index (χ1) is 8.74. The molecule has 0 aliphatic carbocycles. The third-order valence-electron chi connectivity index (χ3n) is 3.04. The fourth-order valence-corrected chi connectivity index (χ4v) is 2.43. The summed E-state index contributed by atoms with van der Waals surface area (Å²) in [7, 11) is 0. The first kappa shape index (κ1) is 11.5. The van der Waals surface area contributed by atoms with E-state index < -0.39 is 0 Å². The van der Waals surface area contributed by atoms with E-state index in [1.807, 2.05) is 12.1 Å². The minimum atomic E-state index is -0.0739. The number of nitrogens with zero attached hydrogens (tertiary/aromatic N) is 2. The maximum atomic E-state index is 12.2. The van der Waals surface area contributed by atoms with Crippen molar-refractivity contribution in [3.63, 3.8) is 0 Å². The number of rotatable bonds is 1. The number of fused-ring (bicyclic) bond motifs is 1. The van der Waals surface area contributed by atoms with E-state index in [1.165, 1.54) is 0 Å². The van der Waals surface area contributed by atoms with Crippen LogP contribution in [0.3, 0.4) is 0 Å². The van der Waals surface area contributed by atoms with Crippen LogP contribution in [-0.4, -0.2) is 22.3 Å². The molecule has 2 aromatic rings. The van der Waals surface area contributed by atoms with Crippen molar-refractivity contribution < 1.29 is 9.21 Å². The number of carbonyl (C=O) groups is 1. The van der Waals surface area contributed by atoms with Gasteiger partial charge < -0.3 is 9.32 Å². The maximum absolute atomic E-state index is 12.2. The number of amides is 1. The summed E-state index contributed by atoms with van der Waals surface area (Å²) in [4.78, 5) is 18.3. The van der Waals surface area contributed by atoms with Crippen molar-refractivity contribution in [2.45, 2.75) is 13.0 Å². The molecule has 1 aliphatic heterocycles. The van der Waals surface area contributed by atoms with Gasteiger partial charge in [-0.3, -0.25) is 9.78 Å². The predicted molar refractivity (Wildman–Crippen MR) is 69.1 cm³/mol. The molecule has 0 aromatic carbocycles. The van der Waals surface area contributed by atoms with Crippen LogP contribution >= 0.6 is 15.9 Å². The number of hydrogen-bond acceptors (Lipinski definition) is 3. The molecular formula is C13H11BrN2O2. The zero-order valence-electron chi connectivity index (χ0n) is 9.60. The monoisotopic (exact) mass is 306 g/mol. The average molecular weight is 307 g/mol. The van der Waals surface area contributed by atoms with Gasteiger partial charge in [-0.25, -0.2) is 0 Å². The average Bonchev–Trinajstić information content (AvgIpc) is 2.84. The molecule has 0 saturated carbocycles. The molecule has 3 rings (SSSR count). The molecule has 0 fully saturated rings. The van der Waals surface area contributed by atoms with Crippen LogP contribution in [-0.2, 0) is 13.0 Å². The van der Waals surface area contributed by atoms with Crippen molar-refractivity contribution in [3.8, 4) is 0 Å². The van der Waals surface area contributed by atoms with Gasteiger partial charge >= 0.3 is 0 Å². The van der Waals surface area contributed by atoms with E-state index in [-0.39, 0.29) is 5.91 Å². The lowest BCUT2D eigenvalue weighted by Gasteiger charge is -2.27. The number of hydrogen-bond donors (Lipinski definition) is 0. The highest BCUT2D eigenvalue weighted by atomic mass is 79.9. The lowest BCUT2D eigenvalue weighted by Crippen LogP contribution is -2.36. The molecule has 0 saturated heterocycles. The molecule has 92 valence electrons. The molecule has 2 aromatic heterocycles. The molecule has 4 nitrogen and oxygen atoms in total. The number of furan rings is 1. The Bertz CT molecular complexity index is 594. The van der Waals surface area contributed by atoms with Crippen LogP contribution in [0.4, 0.5) is 0 Å². The fraction of sp³-hybridized carbons (Fsp3) is 0.231. The Morgan fingerprint density at radius 1 is 1.39 bits per heavy atom. The number of pyridine rings is 1. The molecule has 0 unspecified atom stereocenters. The van der Waals surface area contributed by atoms with Gasteiger partial charge in [0.2, 0.25) is 0 Å². The van der Waals surface area contributed by atoms with Crippen LogP contribution in [0.5, 0.6) is 0 Å². The Morgan fingerprint density at radius 3 is 3.06 bits per heavy atom. The zero-order chi connectivity index (χ0) is 12.5. The topological polar surface area (TPSA) is 46.3 Å². The van der Waals surface area contributed by atoms with E-state index in [9.17, 15) is 4.79 Å². The van der Waals surface area contributed by atoms with E-state index in [2.05, 4.69) is 20.9 Å². The zero-order valence-corrected chi connectivity index (χ0v) is 11.2. The van der Waals surface area contributed by atoms with Crippen molar-refractivity contribution in [2.24, 2.45) is 0 Å². The molecule has 5 heteroatoms. The van der Waals surface area contributed by atoms with Crippen molar-refractivity contribution >= 4 is 21.8 Å². The van der Waals surface area contributed by atoms with E-state index in [4.69, 9.17) is 4.42 Å². The summed E-state index contributed by atoms with van der Waals surface area (Å²) in [5.74, 6) is 0.296. The molecule has 0 bridgehead atoms. The predicted octanol–water partition coefficient (Wildman–Crippen LogP) is 2.64. The SMILES string of the molecule is O=C(c1ccc(Br)o1)N1CCc2ncccc2C1. The summed E-state index contributed by atoms with van der Waals surface area (Å²) in [6.45, 7) is 1.28. The Labute approximate surface area is 113 Å². The Morgan fingerprint density at radius 2 is 2.28 bits per heavy atom. The quantitative estimate of drug-likeness (QED) is 0.813. The van der Waals surface area contributed by atoms with Crippen molar-refractivity contribution in [2.75, 3.05) is 6.54 Å². The van der Waals surface area contributed by atoms with Crippen LogP contribution < -0.4 is 0 Å². The van der Waals surface area contributed by atoms with Gasteiger partial charge in [0.05, 0.1) is 0 Å². The van der Waals surface area contributed by atoms with Crippen molar-refractivity contribution in [3.05, 3.63) is 52.1 Å². The summed E-state index contributed by atoms with van der Waals surface area (Å²) in [5.41, 5.74) is 2.20. The van der Waals surface area contributed by atoms with Crippen molar-refractivity contribution in [1.82, 2.24) is 9.88 Å². The second-order valence-corrected chi connectivity index (χ2v) is 4.97. The molecule has 0 atom stereocenters. The molecule has 0 radical (unpaired) electrons. The Balaban J connectivity index is 1.82. The molecule has 18 heavy (non-hydrogen) atoms. The Hall–Kier alpha value is -1.62. The first-order valence-corrected chi connectivity index (χ1v) is 6.51. The smallest absolute Gasteiger partial charge is 0.289 e. The van der Waals surface area contributed by atoms with Crippen LogP contribution in [0.15, 0.2) is 39.5 Å². The summed E-state index contributed by atoms with van der Waals surface area (Å²) in [6, 6.07) is 7.33. The van der Waals surface area contributed by atoms with Gasteiger partial charge in [-0.05, 0) is 39.7 Å². The van der Waals surface area contributed by atoms with E-state index >= 15 is 0 Å². The van der Waals surface area contributed by atoms with Crippen LogP contribution in [0.2, 0.25) is 0 Å². The van der Waals surface area contributed by atoms with Crippen molar-refractivity contribution in [1.29, 1.82) is 0 Å². The van der Waals surface area contributed by atoms with Crippen LogP contribution in [0.1, 0.15) is 21.8 Å². The summed E-state index contributed by atoms with van der Waals surface area (Å²) in [6.07, 6.45) is 2.59. The van der Waals surface area contributed by atoms with Gasteiger partial charge in [0.1, 0.15) is 0 Å². The highest BCUT2D eigenvalue weighted by Crippen LogP contribution is 2.21. The molecule has 1 amide bonds. The summed E-state index contributed by atoms with van der Waals surface area (Å²) in [5, 5.41) is 0. The standard InChI is InChI=1S/C13H11BrN2O2/c14-12-4-3-11(18-12)13(17)16-7-5-10-9(8-16)2-1-6-15-10/h1-4,6H,5,7-8H2. The minimum absolute atomic E-state index is 0.0739. The van der Waals surface area contributed by atoms with Gasteiger partial charge in [-0.2, -0.15) is 0 Å². The third-order valence-corrected chi connectivity index (χ3v) is 3.46. The van der Waals surface area contributed by atoms with Crippen LogP contribution in [0.25, 0.3) is 0 Å². The maximum Gasteiger partial charge on any atom is 0.289 e. The highest BCUT2D eigenvalue weighted by Gasteiger charge is 2.24. The molecule has 3 heterocycles. The summed E-state index contributed by atoms with van der Waals surface area (Å²) >= 11 is 3.20. The second-order valence-electron chi connectivity index (χ2n) is 4.19. The highest BCUT2D eigenvalue weighted by molar-refractivity contribution is 9.10. The second kappa shape index (κ2) is 4.57. The van der Waals surface area contributed by atoms with E-state index in [0.717, 1.165) is 17.7 Å². The van der Waals surface area contributed by atoms with E-state index in [0.29, 0.717) is 23.5 Å². The van der Waals surface area contributed by atoms with Gasteiger partial charge in [-0.1, -0.05) is 6.07 Å². The first-order valence-electron chi connectivity index (χ1n) is 5.71. The normalized spacial score (nSPS) is 14.4. The number of aromatic nitrogens is 1. The number of halogens is 1. The number of carbonyl (C=O) groups excluding carboxylic acids is 1. The van der Waals surface area contributed by atoms with Gasteiger partial charge in [-0.15, -0.1) is 0 Å². The molecular weight excluding hydrogens is 296 g/mol. The molecule has 1 aliphatic rings. The lowest BCUT2D eigenvalue weighted by atomic mass is 10.1. The Kier molecular flexibility index (Phi) is 2.91. The molecule has 0 N–H and O–H groups in total. The van der Waals surface area contributed by atoms with Gasteiger partial charge in [0, 0.05) is 31.4 Å². The summed E-state index contributed by atoms with van der Waals surface area (Å²) < 4.78 is 5.87. The lowest BCUT2D eigenvalue weighted by molar-refractivity contribution is 0.0700. The fourth-order valence-electron chi connectivity index (χ4n) is 2.12. The van der Waals surface area contributed by atoms with Crippen LogP contribution in [0, 0.1) is 0 Å². The van der Waals surface area contributed by atoms with Gasteiger partial charge in [0.25, 0.3) is 5.91 Å². The largest absolute Gasteiger partial charge is 0.444 e.